The van der Waals surface area contributed by atoms with Gasteiger partial charge in [-0.15, -0.1) is 0 Å². The van der Waals surface area contributed by atoms with Crippen LogP contribution in [0.1, 0.15) is 22.7 Å². The first-order valence-electron chi connectivity index (χ1n) is 6.82. The summed E-state index contributed by atoms with van der Waals surface area (Å²) in [6.45, 7) is 2.65. The van der Waals surface area contributed by atoms with Crippen molar-refractivity contribution in [1.29, 1.82) is 0 Å². The fraction of sp³-hybridized carbons (Fsp3) is 0.533. The number of hydrogen-bond donors (Lipinski definition) is 1. The van der Waals surface area contributed by atoms with Crippen molar-refractivity contribution in [3.63, 3.8) is 0 Å². The van der Waals surface area contributed by atoms with Crippen LogP contribution in [0.5, 0.6) is 11.5 Å². The molecule has 0 saturated carbocycles. The van der Waals surface area contributed by atoms with Crippen molar-refractivity contribution in [2.45, 2.75) is 25.4 Å². The van der Waals surface area contributed by atoms with Crippen molar-refractivity contribution < 1.29 is 14.6 Å². The number of rotatable bonds is 1. The lowest BCUT2D eigenvalue weighted by Crippen LogP contribution is -2.58. The smallest absolute Gasteiger partial charge is 0.240 e. The summed E-state index contributed by atoms with van der Waals surface area (Å²) >= 11 is 0. The first-order valence-corrected chi connectivity index (χ1v) is 6.82. The van der Waals surface area contributed by atoms with Crippen molar-refractivity contribution in [1.82, 2.24) is 9.80 Å². The number of methoxy groups -OCH3 is 1. The second-order valence-electron chi connectivity index (χ2n) is 5.75. The third-order valence-electron chi connectivity index (χ3n) is 4.68. The Kier molecular flexibility index (Phi) is 2.90. The van der Waals surface area contributed by atoms with Gasteiger partial charge in [0.05, 0.1) is 19.2 Å². The number of benzene rings is 1. The molecule has 1 saturated heterocycles. The Balaban J connectivity index is 2.19. The van der Waals surface area contributed by atoms with E-state index in [-0.39, 0.29) is 23.7 Å². The fourth-order valence-corrected chi connectivity index (χ4v) is 3.61. The number of amides is 1. The number of carbonyl (C=O) groups excluding carboxylic acids is 1. The summed E-state index contributed by atoms with van der Waals surface area (Å²) < 4.78 is 5.31. The molecule has 2 aliphatic heterocycles. The molecular weight excluding hydrogens is 256 g/mol. The predicted octanol–water partition coefficient (Wildman–Crippen LogP) is 1.08. The van der Waals surface area contributed by atoms with Crippen LogP contribution in [0.15, 0.2) is 6.07 Å². The molecule has 0 spiro atoms. The zero-order valence-corrected chi connectivity index (χ0v) is 12.3. The maximum atomic E-state index is 12.2. The van der Waals surface area contributed by atoms with E-state index in [0.717, 1.165) is 11.1 Å². The average Bonchev–Trinajstić information content (AvgIpc) is 2.39. The largest absolute Gasteiger partial charge is 0.504 e. The molecule has 2 bridgehead atoms. The first-order chi connectivity index (χ1) is 9.45. The lowest BCUT2D eigenvalue weighted by molar-refractivity contribution is -0.143. The van der Waals surface area contributed by atoms with E-state index < -0.39 is 0 Å². The third kappa shape index (κ3) is 1.62. The summed E-state index contributed by atoms with van der Waals surface area (Å²) in [5.74, 6) is 0.852. The highest BCUT2D eigenvalue weighted by molar-refractivity contribution is 5.84. The first kappa shape index (κ1) is 13.2. The SMILES string of the molecule is COc1c(O)cc2c(c1C)[C@@H]1CN(C)C(=O)[C@H](C2)N1C. The van der Waals surface area contributed by atoms with Crippen molar-refractivity contribution in [3.8, 4) is 11.5 Å². The average molecular weight is 276 g/mol. The van der Waals surface area contributed by atoms with Crippen LogP contribution in [0.25, 0.3) is 0 Å². The molecule has 20 heavy (non-hydrogen) atoms. The summed E-state index contributed by atoms with van der Waals surface area (Å²) in [7, 11) is 5.43. The van der Waals surface area contributed by atoms with E-state index in [1.54, 1.807) is 18.1 Å². The number of phenolic OH excluding ortho intramolecular Hbond substituents is 1. The number of aromatic hydroxyl groups is 1. The second-order valence-corrected chi connectivity index (χ2v) is 5.75. The van der Waals surface area contributed by atoms with E-state index in [1.807, 2.05) is 21.0 Å². The van der Waals surface area contributed by atoms with Crippen LogP contribution in [-0.4, -0.2) is 54.6 Å². The van der Waals surface area contributed by atoms with Crippen molar-refractivity contribution in [3.05, 3.63) is 22.8 Å². The molecule has 1 aromatic rings. The summed E-state index contributed by atoms with van der Waals surface area (Å²) in [5, 5.41) is 10.1. The van der Waals surface area contributed by atoms with E-state index in [2.05, 4.69) is 4.90 Å². The van der Waals surface area contributed by atoms with Gasteiger partial charge in [0.15, 0.2) is 11.5 Å². The van der Waals surface area contributed by atoms with Crippen LogP contribution < -0.4 is 4.74 Å². The Bertz CT molecular complexity index is 585. The van der Waals surface area contributed by atoms with Gasteiger partial charge in [0.25, 0.3) is 0 Å². The highest BCUT2D eigenvalue weighted by atomic mass is 16.5. The van der Waals surface area contributed by atoms with Crippen molar-refractivity contribution >= 4 is 5.91 Å². The predicted molar refractivity (Wildman–Crippen MR) is 75.0 cm³/mol. The Morgan fingerprint density at radius 1 is 1.35 bits per heavy atom. The number of hydrogen-bond acceptors (Lipinski definition) is 4. The zero-order valence-electron chi connectivity index (χ0n) is 12.3. The minimum atomic E-state index is -0.126. The number of likely N-dealkylation sites (N-methyl/N-ethyl adjacent to an activating group) is 2. The fourth-order valence-electron chi connectivity index (χ4n) is 3.61. The molecule has 0 radical (unpaired) electrons. The lowest BCUT2D eigenvalue weighted by atomic mass is 9.82. The Labute approximate surface area is 118 Å². The normalized spacial score (nSPS) is 25.6. The van der Waals surface area contributed by atoms with Gasteiger partial charge in [-0.25, -0.2) is 0 Å². The number of fused-ring (bicyclic) bond motifs is 4. The minimum Gasteiger partial charge on any atom is -0.504 e. The van der Waals surface area contributed by atoms with E-state index >= 15 is 0 Å². The number of phenols is 1. The van der Waals surface area contributed by atoms with Gasteiger partial charge in [-0.05, 0) is 43.1 Å². The van der Waals surface area contributed by atoms with E-state index in [1.165, 1.54) is 5.56 Å². The van der Waals surface area contributed by atoms with Crippen LogP contribution in [0.4, 0.5) is 0 Å². The molecule has 0 aromatic heterocycles. The van der Waals surface area contributed by atoms with Crippen LogP contribution >= 0.6 is 0 Å². The van der Waals surface area contributed by atoms with Crippen molar-refractivity contribution in [2.24, 2.45) is 0 Å². The van der Waals surface area contributed by atoms with Gasteiger partial charge in [0.2, 0.25) is 5.91 Å². The lowest BCUT2D eigenvalue weighted by Gasteiger charge is -2.48. The summed E-state index contributed by atoms with van der Waals surface area (Å²) in [5.41, 5.74) is 3.23. The molecule has 108 valence electrons. The number of carbonyl (C=O) groups is 1. The molecule has 5 heteroatoms. The topological polar surface area (TPSA) is 53.0 Å². The molecule has 2 aliphatic rings. The van der Waals surface area contributed by atoms with Crippen LogP contribution in [0.3, 0.4) is 0 Å². The molecule has 5 nitrogen and oxygen atoms in total. The Morgan fingerprint density at radius 3 is 2.70 bits per heavy atom. The maximum absolute atomic E-state index is 12.2. The minimum absolute atomic E-state index is 0.126. The van der Waals surface area contributed by atoms with Gasteiger partial charge in [-0.1, -0.05) is 0 Å². The molecule has 2 atom stereocenters. The Morgan fingerprint density at radius 2 is 2.05 bits per heavy atom. The molecule has 0 aliphatic carbocycles. The molecule has 0 unspecified atom stereocenters. The van der Waals surface area contributed by atoms with E-state index in [0.29, 0.717) is 18.7 Å². The molecule has 1 N–H and O–H groups in total. The number of ether oxygens (including phenoxy) is 1. The monoisotopic (exact) mass is 276 g/mol. The van der Waals surface area contributed by atoms with Crippen LogP contribution in [0.2, 0.25) is 0 Å². The summed E-state index contributed by atoms with van der Waals surface area (Å²) in [6.07, 6.45) is 0.643. The van der Waals surface area contributed by atoms with Gasteiger partial charge in [-0.3, -0.25) is 9.69 Å². The van der Waals surface area contributed by atoms with E-state index in [9.17, 15) is 9.90 Å². The van der Waals surface area contributed by atoms with Gasteiger partial charge >= 0.3 is 0 Å². The maximum Gasteiger partial charge on any atom is 0.240 e. The molecule has 1 amide bonds. The highest BCUT2D eigenvalue weighted by Crippen LogP contribution is 2.44. The summed E-state index contributed by atoms with van der Waals surface area (Å²) in [4.78, 5) is 16.2. The quantitative estimate of drug-likeness (QED) is 0.834. The highest BCUT2D eigenvalue weighted by Gasteiger charge is 2.43. The van der Waals surface area contributed by atoms with Gasteiger partial charge < -0.3 is 14.7 Å². The Hall–Kier alpha value is -1.75. The standard InChI is InChI=1S/C15H20N2O3/c1-8-13-9(6-12(18)14(8)20-4)5-10-15(19)16(2)7-11(13)17(10)3/h6,10-11,18H,5,7H2,1-4H3/t10-,11-/m0/s1. The zero-order chi connectivity index (χ0) is 14.6. The number of nitrogens with zero attached hydrogens (tertiary/aromatic N) is 2. The van der Waals surface area contributed by atoms with Gasteiger partial charge in [0, 0.05) is 13.6 Å². The van der Waals surface area contributed by atoms with E-state index in [4.69, 9.17) is 4.74 Å². The van der Waals surface area contributed by atoms with Gasteiger partial charge in [-0.2, -0.15) is 0 Å². The third-order valence-corrected chi connectivity index (χ3v) is 4.68. The van der Waals surface area contributed by atoms with Crippen LogP contribution in [-0.2, 0) is 11.2 Å². The van der Waals surface area contributed by atoms with Crippen molar-refractivity contribution in [2.75, 3.05) is 27.7 Å². The molecule has 3 rings (SSSR count). The summed E-state index contributed by atoms with van der Waals surface area (Å²) in [6, 6.07) is 1.80. The number of piperazine rings is 1. The molecule has 1 aromatic carbocycles. The van der Waals surface area contributed by atoms with Crippen LogP contribution in [0, 0.1) is 6.92 Å². The molecule has 2 heterocycles. The second kappa shape index (κ2) is 4.38. The van der Waals surface area contributed by atoms with Gasteiger partial charge in [0.1, 0.15) is 0 Å². The molecular formula is C15H20N2O3. The molecule has 1 fully saturated rings.